The van der Waals surface area contributed by atoms with E-state index in [0.29, 0.717) is 13.0 Å². The Kier molecular flexibility index (Phi) is 6.49. The third kappa shape index (κ3) is 6.86. The van der Waals surface area contributed by atoms with E-state index in [-0.39, 0.29) is 5.75 Å². The summed E-state index contributed by atoms with van der Waals surface area (Å²) in [5, 5.41) is 4.15. The lowest BCUT2D eigenvalue weighted by molar-refractivity contribution is 0.306. The Morgan fingerprint density at radius 1 is 1.39 bits per heavy atom. The van der Waals surface area contributed by atoms with Crippen LogP contribution in [-0.4, -0.2) is 30.6 Å². The number of aryl methyl sites for hydroxylation is 1. The second kappa shape index (κ2) is 7.63. The molecule has 1 aromatic rings. The zero-order valence-corrected chi connectivity index (χ0v) is 12.1. The Labute approximate surface area is 113 Å². The van der Waals surface area contributed by atoms with Gasteiger partial charge in [0.2, 0.25) is 9.05 Å². The van der Waals surface area contributed by atoms with Gasteiger partial charge in [-0.05, 0) is 25.7 Å². The smallest absolute Gasteiger partial charge is 0.232 e. The first-order chi connectivity index (χ1) is 8.51. The second-order valence-corrected chi connectivity index (χ2v) is 6.99. The maximum absolute atomic E-state index is 10.7. The molecule has 0 unspecified atom stereocenters. The third-order valence-electron chi connectivity index (χ3n) is 2.36. The van der Waals surface area contributed by atoms with Crippen molar-refractivity contribution in [2.75, 3.05) is 12.4 Å². The van der Waals surface area contributed by atoms with Crippen molar-refractivity contribution in [1.29, 1.82) is 0 Å². The molecule has 0 aliphatic carbocycles. The summed E-state index contributed by atoms with van der Waals surface area (Å²) in [4.78, 5) is 0. The number of halogens is 1. The van der Waals surface area contributed by atoms with E-state index in [9.17, 15) is 8.42 Å². The first-order valence-electron chi connectivity index (χ1n) is 6.09. The highest BCUT2D eigenvalue weighted by Crippen LogP contribution is 2.10. The molecule has 0 saturated heterocycles. The van der Waals surface area contributed by atoms with E-state index in [4.69, 9.17) is 15.4 Å². The van der Waals surface area contributed by atoms with Crippen LogP contribution >= 0.6 is 10.7 Å². The molecule has 1 aromatic heterocycles. The zero-order valence-electron chi connectivity index (χ0n) is 10.5. The van der Waals surface area contributed by atoms with Crippen LogP contribution in [0.3, 0.4) is 0 Å². The van der Waals surface area contributed by atoms with Crippen molar-refractivity contribution in [3.63, 3.8) is 0 Å². The van der Waals surface area contributed by atoms with Crippen LogP contribution < -0.4 is 4.74 Å². The molecule has 0 radical (unpaired) electrons. The molecule has 0 aromatic carbocycles. The minimum absolute atomic E-state index is 0.0307. The molecule has 0 aliphatic rings. The maximum Gasteiger partial charge on any atom is 0.232 e. The molecule has 7 heteroatoms. The topological polar surface area (TPSA) is 61.2 Å². The summed E-state index contributed by atoms with van der Waals surface area (Å²) in [7, 11) is 1.76. The van der Waals surface area contributed by atoms with Crippen LogP contribution in [0.5, 0.6) is 5.75 Å². The molecule has 1 rings (SSSR count). The number of hydrogen-bond donors (Lipinski definition) is 0. The average Bonchev–Trinajstić information content (AvgIpc) is 2.70. The van der Waals surface area contributed by atoms with E-state index >= 15 is 0 Å². The Morgan fingerprint density at radius 3 is 2.83 bits per heavy atom. The van der Waals surface area contributed by atoms with Crippen molar-refractivity contribution in [1.82, 2.24) is 9.78 Å². The van der Waals surface area contributed by atoms with Crippen LogP contribution in [0.2, 0.25) is 0 Å². The number of hydrogen-bond acceptors (Lipinski definition) is 4. The van der Waals surface area contributed by atoms with Gasteiger partial charge in [-0.3, -0.25) is 4.68 Å². The number of ether oxygens (including phenoxy) is 1. The highest BCUT2D eigenvalue weighted by Gasteiger charge is 2.04. The predicted molar refractivity (Wildman–Crippen MR) is 71.5 cm³/mol. The van der Waals surface area contributed by atoms with Gasteiger partial charge in [0.1, 0.15) is 0 Å². The Hall–Kier alpha value is -0.750. The molecule has 0 bridgehead atoms. The first kappa shape index (κ1) is 15.3. The molecule has 0 fully saturated rings. The molecule has 104 valence electrons. The summed E-state index contributed by atoms with van der Waals surface area (Å²) >= 11 is 0. The number of unbranched alkanes of at least 4 members (excludes halogenated alkanes) is 2. The maximum atomic E-state index is 10.7. The summed E-state index contributed by atoms with van der Waals surface area (Å²) in [5.41, 5.74) is 0. The predicted octanol–water partition coefficient (Wildman–Crippen LogP) is 2.41. The van der Waals surface area contributed by atoms with Crippen LogP contribution in [0.1, 0.15) is 32.6 Å². The normalized spacial score (nSPS) is 11.7. The summed E-state index contributed by atoms with van der Waals surface area (Å²) in [6, 6.07) is 0. The Bertz CT molecular complexity index is 445. The standard InChI is InChI=1S/C11H19ClN2O3S/c1-2-6-14-10-11(9-13-14)17-7-4-3-5-8-18(12,15)16/h9-10H,2-8H2,1H3. The van der Waals surface area contributed by atoms with Gasteiger partial charge in [-0.25, -0.2) is 8.42 Å². The van der Waals surface area contributed by atoms with Crippen LogP contribution in [0, 0.1) is 0 Å². The fourth-order valence-electron chi connectivity index (χ4n) is 1.51. The minimum atomic E-state index is -3.35. The third-order valence-corrected chi connectivity index (χ3v) is 3.60. The Balaban J connectivity index is 2.10. The van der Waals surface area contributed by atoms with E-state index in [1.807, 2.05) is 10.9 Å². The summed E-state index contributed by atoms with van der Waals surface area (Å²) in [5.74, 6) is 0.789. The van der Waals surface area contributed by atoms with E-state index in [1.54, 1.807) is 6.20 Å². The molecular formula is C11H19ClN2O3S. The van der Waals surface area contributed by atoms with Crippen LogP contribution in [0.15, 0.2) is 12.4 Å². The summed E-state index contributed by atoms with van der Waals surface area (Å²) < 4.78 is 28.7. The average molecular weight is 295 g/mol. The molecule has 1 heterocycles. The van der Waals surface area contributed by atoms with E-state index in [1.165, 1.54) is 0 Å². The van der Waals surface area contributed by atoms with Crippen LogP contribution in [0.25, 0.3) is 0 Å². The SMILES string of the molecule is CCCn1cc(OCCCCCS(=O)(=O)Cl)cn1. The van der Waals surface area contributed by atoms with E-state index < -0.39 is 9.05 Å². The van der Waals surface area contributed by atoms with Crippen molar-refractivity contribution in [2.24, 2.45) is 0 Å². The van der Waals surface area contributed by atoms with Gasteiger partial charge in [-0.2, -0.15) is 5.10 Å². The van der Waals surface area contributed by atoms with Crippen molar-refractivity contribution in [3.8, 4) is 5.75 Å². The minimum Gasteiger partial charge on any atom is -0.490 e. The monoisotopic (exact) mass is 294 g/mol. The second-order valence-electron chi connectivity index (χ2n) is 4.09. The van der Waals surface area contributed by atoms with Crippen molar-refractivity contribution in [3.05, 3.63) is 12.4 Å². The van der Waals surface area contributed by atoms with E-state index in [2.05, 4.69) is 12.0 Å². The molecular weight excluding hydrogens is 276 g/mol. The quantitative estimate of drug-likeness (QED) is 0.518. The van der Waals surface area contributed by atoms with Gasteiger partial charge < -0.3 is 4.74 Å². The van der Waals surface area contributed by atoms with Gasteiger partial charge in [-0.1, -0.05) is 6.92 Å². The highest BCUT2D eigenvalue weighted by molar-refractivity contribution is 8.13. The molecule has 0 atom stereocenters. The fraction of sp³-hybridized carbons (Fsp3) is 0.727. The van der Waals surface area contributed by atoms with Crippen molar-refractivity contribution < 1.29 is 13.2 Å². The molecule has 0 spiro atoms. The lowest BCUT2D eigenvalue weighted by Gasteiger charge is -2.02. The molecule has 0 aliphatic heterocycles. The molecule has 18 heavy (non-hydrogen) atoms. The van der Waals surface area contributed by atoms with E-state index in [0.717, 1.165) is 31.6 Å². The number of rotatable bonds is 9. The fourth-order valence-corrected chi connectivity index (χ4v) is 2.39. The van der Waals surface area contributed by atoms with Crippen molar-refractivity contribution in [2.45, 2.75) is 39.2 Å². The van der Waals surface area contributed by atoms with Gasteiger partial charge in [0.05, 0.1) is 24.8 Å². The van der Waals surface area contributed by atoms with Gasteiger partial charge >= 0.3 is 0 Å². The lowest BCUT2D eigenvalue weighted by atomic mass is 10.3. The van der Waals surface area contributed by atoms with Gasteiger partial charge in [-0.15, -0.1) is 0 Å². The molecule has 0 N–H and O–H groups in total. The van der Waals surface area contributed by atoms with Crippen molar-refractivity contribution >= 4 is 19.7 Å². The number of nitrogens with zero attached hydrogens (tertiary/aromatic N) is 2. The zero-order chi connectivity index (χ0) is 13.4. The van der Waals surface area contributed by atoms with Crippen LogP contribution in [0.4, 0.5) is 0 Å². The first-order valence-corrected chi connectivity index (χ1v) is 8.56. The molecule has 5 nitrogen and oxygen atoms in total. The van der Waals surface area contributed by atoms with Gasteiger partial charge in [0.25, 0.3) is 0 Å². The molecule has 0 amide bonds. The largest absolute Gasteiger partial charge is 0.490 e. The number of aromatic nitrogens is 2. The van der Waals surface area contributed by atoms with Gasteiger partial charge in [0.15, 0.2) is 5.75 Å². The van der Waals surface area contributed by atoms with Gasteiger partial charge in [0, 0.05) is 17.2 Å². The summed E-state index contributed by atoms with van der Waals surface area (Å²) in [6.07, 6.45) is 6.77. The lowest BCUT2D eigenvalue weighted by Crippen LogP contribution is -2.00. The molecule has 0 saturated carbocycles. The Morgan fingerprint density at radius 2 is 2.17 bits per heavy atom. The summed E-state index contributed by atoms with van der Waals surface area (Å²) in [6.45, 7) is 3.55. The van der Waals surface area contributed by atoms with Crippen LogP contribution in [-0.2, 0) is 15.6 Å². The highest BCUT2D eigenvalue weighted by atomic mass is 35.7.